The van der Waals surface area contributed by atoms with Crippen LogP contribution in [0.25, 0.3) is 0 Å². The molecule has 0 amide bonds. The Morgan fingerprint density at radius 1 is 1.50 bits per heavy atom. The summed E-state index contributed by atoms with van der Waals surface area (Å²) in [4.78, 5) is 10.6. The minimum absolute atomic E-state index is 0.0944. The van der Waals surface area contributed by atoms with E-state index in [1.54, 1.807) is 0 Å². The van der Waals surface area contributed by atoms with Crippen molar-refractivity contribution in [3.8, 4) is 0 Å². The summed E-state index contributed by atoms with van der Waals surface area (Å²) in [5.41, 5.74) is 6.18. The van der Waals surface area contributed by atoms with Gasteiger partial charge in [-0.15, -0.1) is 0 Å². The fourth-order valence-corrected chi connectivity index (χ4v) is 2.84. The number of aliphatic carboxylic acids is 1. The molecule has 100 valence electrons. The Balaban J connectivity index is 2.86. The predicted molar refractivity (Wildman–Crippen MR) is 67.0 cm³/mol. The highest BCUT2D eigenvalue weighted by Crippen LogP contribution is 2.53. The third-order valence-corrected chi connectivity index (χ3v) is 3.69. The molecular weight excluding hydrogens is 331 g/mol. The van der Waals surface area contributed by atoms with Gasteiger partial charge in [-0.1, -0.05) is 28.1 Å². The first-order chi connectivity index (χ1) is 8.19. The zero-order valence-corrected chi connectivity index (χ0v) is 11.6. The summed E-state index contributed by atoms with van der Waals surface area (Å²) >= 11 is 3.08. The Morgan fingerprint density at radius 2 is 2.11 bits per heavy atom. The number of rotatable bonds is 5. The van der Waals surface area contributed by atoms with Crippen LogP contribution in [-0.2, 0) is 21.9 Å². The van der Waals surface area contributed by atoms with Gasteiger partial charge in [0.05, 0.1) is 6.16 Å². The molecule has 0 aromatic heterocycles. The number of carboxylic acid groups (broad SMARTS) is 1. The number of benzene rings is 1. The van der Waals surface area contributed by atoms with E-state index in [2.05, 4.69) is 15.9 Å². The van der Waals surface area contributed by atoms with Crippen molar-refractivity contribution in [3.05, 3.63) is 33.8 Å². The van der Waals surface area contributed by atoms with Crippen molar-refractivity contribution in [2.45, 2.75) is 18.6 Å². The third kappa shape index (κ3) is 4.84. The molecule has 3 N–H and O–H groups in total. The summed E-state index contributed by atoms with van der Waals surface area (Å²) in [6.45, 7) is 0. The number of carbonyl (C=O) groups is 1. The van der Waals surface area contributed by atoms with Gasteiger partial charge in [0.1, 0.15) is 6.04 Å². The van der Waals surface area contributed by atoms with E-state index >= 15 is 0 Å². The van der Waals surface area contributed by atoms with Gasteiger partial charge >= 0.3 is 13.7 Å². The molecule has 0 aliphatic rings. The van der Waals surface area contributed by atoms with Gasteiger partial charge in [0.2, 0.25) is 0 Å². The van der Waals surface area contributed by atoms with E-state index in [0.717, 1.165) is 0 Å². The van der Waals surface area contributed by atoms with Gasteiger partial charge in [0.25, 0.3) is 0 Å². The molecule has 0 saturated heterocycles. The highest BCUT2D eigenvalue weighted by Gasteiger charge is 2.21. The highest BCUT2D eigenvalue weighted by atomic mass is 79.9. The quantitative estimate of drug-likeness (QED) is 0.806. The SMILES string of the molecule is NC(Cc1ccc(CP(=O)(F)F)c(Br)c1)C(=O)O. The van der Waals surface area contributed by atoms with Crippen LogP contribution in [0.15, 0.2) is 22.7 Å². The molecule has 8 heteroatoms. The first-order valence-electron chi connectivity index (χ1n) is 4.93. The Morgan fingerprint density at radius 3 is 2.56 bits per heavy atom. The molecule has 0 bridgehead atoms. The van der Waals surface area contributed by atoms with E-state index in [4.69, 9.17) is 10.8 Å². The van der Waals surface area contributed by atoms with E-state index in [1.165, 1.54) is 18.2 Å². The van der Waals surface area contributed by atoms with Crippen LogP contribution in [0.3, 0.4) is 0 Å². The van der Waals surface area contributed by atoms with Gasteiger partial charge in [-0.05, 0) is 23.6 Å². The van der Waals surface area contributed by atoms with E-state index < -0.39 is 25.9 Å². The van der Waals surface area contributed by atoms with Crippen LogP contribution in [-0.4, -0.2) is 17.1 Å². The maximum Gasteiger partial charge on any atom is 0.407 e. The molecule has 1 rings (SSSR count). The number of hydrogen-bond donors (Lipinski definition) is 2. The largest absolute Gasteiger partial charge is 0.480 e. The van der Waals surface area contributed by atoms with E-state index in [1.807, 2.05) is 0 Å². The lowest BCUT2D eigenvalue weighted by molar-refractivity contribution is -0.138. The summed E-state index contributed by atoms with van der Waals surface area (Å²) in [5.74, 6) is -1.13. The van der Waals surface area contributed by atoms with Gasteiger partial charge in [0, 0.05) is 4.47 Å². The molecule has 0 spiro atoms. The van der Waals surface area contributed by atoms with Crippen LogP contribution in [0.4, 0.5) is 8.39 Å². The average molecular weight is 342 g/mol. The molecule has 0 aliphatic heterocycles. The maximum atomic E-state index is 12.4. The highest BCUT2D eigenvalue weighted by molar-refractivity contribution is 9.10. The lowest BCUT2D eigenvalue weighted by Gasteiger charge is -2.09. The maximum absolute atomic E-state index is 12.4. The number of hydrogen-bond acceptors (Lipinski definition) is 3. The van der Waals surface area contributed by atoms with Gasteiger partial charge in [0.15, 0.2) is 0 Å². The molecule has 0 saturated carbocycles. The fourth-order valence-electron chi connectivity index (χ4n) is 1.39. The lowest BCUT2D eigenvalue weighted by Crippen LogP contribution is -2.32. The van der Waals surface area contributed by atoms with Gasteiger partial charge in [-0.2, -0.15) is 8.39 Å². The second-order valence-electron chi connectivity index (χ2n) is 3.80. The summed E-state index contributed by atoms with van der Waals surface area (Å²) in [6.07, 6.45) is -0.712. The standard InChI is InChI=1S/C10H11BrF2NO3P/c11-8-3-6(4-9(14)10(15)16)1-2-7(8)5-18(12,13)17/h1-3,9H,4-5,14H2,(H,15,16). The molecule has 0 heterocycles. The van der Waals surface area contributed by atoms with Crippen molar-refractivity contribution >= 4 is 29.7 Å². The Kier molecular flexibility index (Phi) is 5.01. The lowest BCUT2D eigenvalue weighted by atomic mass is 10.1. The molecular formula is C10H11BrF2NO3P. The predicted octanol–water partition coefficient (Wildman–Crippen LogP) is 3.04. The third-order valence-electron chi connectivity index (χ3n) is 2.24. The molecule has 0 radical (unpaired) electrons. The second-order valence-corrected chi connectivity index (χ2v) is 6.11. The summed E-state index contributed by atoms with van der Waals surface area (Å²) in [7, 11) is -5.12. The van der Waals surface area contributed by atoms with E-state index in [-0.39, 0.29) is 12.0 Å². The van der Waals surface area contributed by atoms with Crippen LogP contribution in [0, 0.1) is 0 Å². The average Bonchev–Trinajstić information content (AvgIpc) is 2.20. The molecule has 1 atom stereocenters. The zero-order chi connectivity index (χ0) is 13.9. The number of halogens is 3. The Bertz CT molecular complexity index is 506. The van der Waals surface area contributed by atoms with Crippen LogP contribution < -0.4 is 5.73 Å². The molecule has 4 nitrogen and oxygen atoms in total. The van der Waals surface area contributed by atoms with Gasteiger partial charge in [-0.3, -0.25) is 4.79 Å². The Labute approximate surface area is 111 Å². The molecule has 1 aromatic rings. The van der Waals surface area contributed by atoms with Gasteiger partial charge < -0.3 is 10.8 Å². The van der Waals surface area contributed by atoms with Crippen molar-refractivity contribution in [2.75, 3.05) is 0 Å². The van der Waals surface area contributed by atoms with Crippen LogP contribution in [0.1, 0.15) is 11.1 Å². The van der Waals surface area contributed by atoms with Crippen molar-refractivity contribution in [2.24, 2.45) is 5.73 Å². The van der Waals surface area contributed by atoms with Gasteiger partial charge in [-0.25, -0.2) is 4.57 Å². The van der Waals surface area contributed by atoms with Crippen molar-refractivity contribution in [1.82, 2.24) is 0 Å². The van der Waals surface area contributed by atoms with E-state index in [9.17, 15) is 17.8 Å². The minimum atomic E-state index is -5.12. The molecule has 0 fully saturated rings. The second kappa shape index (κ2) is 5.91. The van der Waals surface area contributed by atoms with Crippen molar-refractivity contribution < 1.29 is 22.9 Å². The minimum Gasteiger partial charge on any atom is -0.480 e. The number of carboxylic acids is 1. The monoisotopic (exact) mass is 341 g/mol. The first kappa shape index (κ1) is 15.3. The summed E-state index contributed by atoms with van der Waals surface area (Å²) in [6, 6.07) is 3.35. The molecule has 18 heavy (non-hydrogen) atoms. The van der Waals surface area contributed by atoms with Crippen LogP contribution in [0.2, 0.25) is 0 Å². The topological polar surface area (TPSA) is 80.4 Å². The zero-order valence-electron chi connectivity index (χ0n) is 9.15. The molecule has 1 aromatic carbocycles. The van der Waals surface area contributed by atoms with Crippen molar-refractivity contribution in [3.63, 3.8) is 0 Å². The molecule has 1 unspecified atom stereocenters. The first-order valence-corrected chi connectivity index (χ1v) is 7.40. The van der Waals surface area contributed by atoms with Crippen LogP contribution >= 0.6 is 23.7 Å². The Hall–Kier alpha value is -0.780. The van der Waals surface area contributed by atoms with Crippen LogP contribution in [0.5, 0.6) is 0 Å². The van der Waals surface area contributed by atoms with E-state index in [0.29, 0.717) is 10.0 Å². The smallest absolute Gasteiger partial charge is 0.407 e. The molecule has 0 aliphatic carbocycles. The number of nitrogens with two attached hydrogens (primary N) is 1. The summed E-state index contributed by atoms with van der Waals surface area (Å²) in [5, 5.41) is 8.65. The summed E-state index contributed by atoms with van der Waals surface area (Å²) < 4.78 is 35.7. The normalized spacial score (nSPS) is 13.3. The fraction of sp³-hybridized carbons (Fsp3) is 0.300. The van der Waals surface area contributed by atoms with Crippen molar-refractivity contribution in [1.29, 1.82) is 0 Å².